The molecule has 4 aromatic heterocycles. The van der Waals surface area contributed by atoms with Crippen LogP contribution < -0.4 is 9.64 Å². The summed E-state index contributed by atoms with van der Waals surface area (Å²) in [5, 5.41) is 0.601. The summed E-state index contributed by atoms with van der Waals surface area (Å²) in [6, 6.07) is 17.1. The lowest BCUT2D eigenvalue weighted by atomic mass is 10.2. The van der Waals surface area contributed by atoms with Crippen LogP contribution in [0.3, 0.4) is 0 Å². The maximum Gasteiger partial charge on any atom is 0.279 e. The zero-order chi connectivity index (χ0) is 21.4. The Morgan fingerprint density at radius 2 is 2.00 bits per heavy atom. The van der Waals surface area contributed by atoms with E-state index in [-0.39, 0.29) is 5.91 Å². The van der Waals surface area contributed by atoms with Crippen molar-refractivity contribution in [2.75, 3.05) is 12.0 Å². The van der Waals surface area contributed by atoms with Crippen molar-refractivity contribution in [2.45, 2.75) is 13.5 Å². The molecule has 5 rings (SSSR count). The fourth-order valence-electron chi connectivity index (χ4n) is 3.52. The quantitative estimate of drug-likeness (QED) is 0.411. The minimum absolute atomic E-state index is 0.173. The third kappa shape index (κ3) is 3.51. The van der Waals surface area contributed by atoms with Crippen LogP contribution in [-0.4, -0.2) is 32.4 Å². The molecule has 0 spiro atoms. The molecular formula is C23H19N5O2S. The number of fused-ring (bicyclic) bond motifs is 2. The molecule has 1 amide bonds. The fourth-order valence-corrected chi connectivity index (χ4v) is 4.46. The van der Waals surface area contributed by atoms with Crippen LogP contribution in [0.5, 0.6) is 5.75 Å². The first-order chi connectivity index (χ1) is 15.1. The molecule has 0 radical (unpaired) electrons. The maximum atomic E-state index is 13.8. The van der Waals surface area contributed by atoms with Gasteiger partial charge in [0.25, 0.3) is 5.91 Å². The van der Waals surface area contributed by atoms with Crippen LogP contribution in [0, 0.1) is 6.92 Å². The van der Waals surface area contributed by atoms with Gasteiger partial charge < -0.3 is 4.74 Å². The first kappa shape index (κ1) is 19.2. The number of imidazole rings is 1. The van der Waals surface area contributed by atoms with E-state index in [1.807, 2.05) is 72.1 Å². The standard InChI is InChI=1S/C23H19N5O2S/c1-15-21(27-12-6-4-8-20(27)25-15)22(29)28(14-16-7-3-5-11-24-16)23-26-18-13-17(30-2)9-10-19(18)31-23/h3-13H,14H2,1-2H3. The van der Waals surface area contributed by atoms with Crippen molar-refractivity contribution in [3.63, 3.8) is 0 Å². The molecule has 0 fully saturated rings. The summed E-state index contributed by atoms with van der Waals surface area (Å²) in [5.41, 5.74) is 3.48. The van der Waals surface area contributed by atoms with E-state index < -0.39 is 0 Å². The lowest BCUT2D eigenvalue weighted by molar-refractivity contribution is 0.0978. The van der Waals surface area contributed by atoms with E-state index >= 15 is 0 Å². The molecule has 5 aromatic rings. The van der Waals surface area contributed by atoms with E-state index in [4.69, 9.17) is 9.72 Å². The second-order valence-corrected chi connectivity index (χ2v) is 8.03. The molecular weight excluding hydrogens is 410 g/mol. The summed E-state index contributed by atoms with van der Waals surface area (Å²) in [6.07, 6.45) is 3.57. The molecule has 0 atom stereocenters. The molecule has 0 N–H and O–H groups in total. The molecule has 7 nitrogen and oxygen atoms in total. The van der Waals surface area contributed by atoms with E-state index in [2.05, 4.69) is 9.97 Å². The van der Waals surface area contributed by atoms with Crippen LogP contribution in [0.4, 0.5) is 5.13 Å². The topological polar surface area (TPSA) is 72.6 Å². The summed E-state index contributed by atoms with van der Waals surface area (Å²) in [7, 11) is 1.62. The molecule has 0 aliphatic carbocycles. The number of pyridine rings is 2. The number of carbonyl (C=O) groups excluding carboxylic acids is 1. The van der Waals surface area contributed by atoms with Gasteiger partial charge in [0.15, 0.2) is 5.13 Å². The molecule has 0 saturated carbocycles. The Hall–Kier alpha value is -3.78. The minimum Gasteiger partial charge on any atom is -0.497 e. The molecule has 154 valence electrons. The van der Waals surface area contributed by atoms with Gasteiger partial charge in [0.05, 0.1) is 35.3 Å². The third-order valence-corrected chi connectivity index (χ3v) is 6.07. The van der Waals surface area contributed by atoms with Gasteiger partial charge in [-0.2, -0.15) is 0 Å². The van der Waals surface area contributed by atoms with Crippen molar-refractivity contribution in [3.8, 4) is 5.75 Å². The van der Waals surface area contributed by atoms with Gasteiger partial charge in [-0.3, -0.25) is 19.1 Å². The summed E-state index contributed by atoms with van der Waals surface area (Å²) in [4.78, 5) is 29.2. The highest BCUT2D eigenvalue weighted by Gasteiger charge is 2.27. The Kier molecular flexibility index (Phi) is 4.83. The van der Waals surface area contributed by atoms with Gasteiger partial charge in [-0.25, -0.2) is 9.97 Å². The Morgan fingerprint density at radius 1 is 1.13 bits per heavy atom. The number of rotatable bonds is 5. The van der Waals surface area contributed by atoms with Crippen molar-refractivity contribution >= 4 is 38.2 Å². The number of thiazole rings is 1. The Bertz CT molecular complexity index is 1390. The molecule has 0 bridgehead atoms. The third-order valence-electron chi connectivity index (χ3n) is 5.01. The highest BCUT2D eigenvalue weighted by atomic mass is 32.1. The number of nitrogens with zero attached hydrogens (tertiary/aromatic N) is 5. The highest BCUT2D eigenvalue weighted by Crippen LogP contribution is 2.33. The van der Waals surface area contributed by atoms with Gasteiger partial charge in [0, 0.05) is 18.5 Å². The van der Waals surface area contributed by atoms with Crippen molar-refractivity contribution < 1.29 is 9.53 Å². The number of ether oxygens (including phenoxy) is 1. The van der Waals surface area contributed by atoms with E-state index in [9.17, 15) is 4.79 Å². The van der Waals surface area contributed by atoms with Crippen LogP contribution >= 0.6 is 11.3 Å². The van der Waals surface area contributed by atoms with Gasteiger partial charge in [0.2, 0.25) is 0 Å². The van der Waals surface area contributed by atoms with Gasteiger partial charge >= 0.3 is 0 Å². The van der Waals surface area contributed by atoms with Crippen molar-refractivity contribution in [2.24, 2.45) is 0 Å². The number of methoxy groups -OCH3 is 1. The molecule has 31 heavy (non-hydrogen) atoms. The van der Waals surface area contributed by atoms with Gasteiger partial charge in [0.1, 0.15) is 17.1 Å². The number of benzene rings is 1. The summed E-state index contributed by atoms with van der Waals surface area (Å²) < 4.78 is 8.12. The lowest BCUT2D eigenvalue weighted by Gasteiger charge is -2.19. The normalized spacial score (nSPS) is 11.2. The predicted octanol–water partition coefficient (Wildman–Crippen LogP) is 4.50. The van der Waals surface area contributed by atoms with Crippen molar-refractivity contribution in [3.05, 3.63) is 84.1 Å². The zero-order valence-corrected chi connectivity index (χ0v) is 17.8. The molecule has 0 aliphatic rings. The summed E-state index contributed by atoms with van der Waals surface area (Å²) >= 11 is 1.46. The second kappa shape index (κ2) is 7.81. The molecule has 0 unspecified atom stereocenters. The van der Waals surface area contributed by atoms with Crippen LogP contribution in [0.1, 0.15) is 21.9 Å². The highest BCUT2D eigenvalue weighted by molar-refractivity contribution is 7.22. The molecule has 1 aromatic carbocycles. The molecule has 0 saturated heterocycles. The van der Waals surface area contributed by atoms with E-state index in [1.54, 1.807) is 18.2 Å². The summed E-state index contributed by atoms with van der Waals surface area (Å²) in [6.45, 7) is 2.15. The smallest absolute Gasteiger partial charge is 0.279 e. The first-order valence-electron chi connectivity index (χ1n) is 9.74. The Morgan fingerprint density at radius 3 is 2.81 bits per heavy atom. The van der Waals surface area contributed by atoms with Crippen LogP contribution in [-0.2, 0) is 6.54 Å². The summed E-state index contributed by atoms with van der Waals surface area (Å²) in [5.74, 6) is 0.553. The van der Waals surface area contributed by atoms with Gasteiger partial charge in [-0.1, -0.05) is 23.5 Å². The number of aromatic nitrogens is 4. The molecule has 8 heteroatoms. The number of carbonyl (C=O) groups is 1. The lowest BCUT2D eigenvalue weighted by Crippen LogP contribution is -2.32. The average molecular weight is 430 g/mol. The average Bonchev–Trinajstić information content (AvgIpc) is 3.37. The number of amides is 1. The monoisotopic (exact) mass is 429 g/mol. The second-order valence-electron chi connectivity index (χ2n) is 7.02. The van der Waals surface area contributed by atoms with Crippen molar-refractivity contribution in [1.82, 2.24) is 19.4 Å². The number of hydrogen-bond donors (Lipinski definition) is 0. The van der Waals surface area contributed by atoms with Crippen LogP contribution in [0.15, 0.2) is 67.0 Å². The predicted molar refractivity (Wildman–Crippen MR) is 121 cm³/mol. The van der Waals surface area contributed by atoms with Gasteiger partial charge in [-0.05, 0) is 43.3 Å². The van der Waals surface area contributed by atoms with Crippen molar-refractivity contribution in [1.29, 1.82) is 0 Å². The maximum absolute atomic E-state index is 13.8. The van der Waals surface area contributed by atoms with Crippen LogP contribution in [0.2, 0.25) is 0 Å². The van der Waals surface area contributed by atoms with E-state index in [0.717, 1.165) is 27.3 Å². The number of anilines is 1. The van der Waals surface area contributed by atoms with Gasteiger partial charge in [-0.15, -0.1) is 0 Å². The van der Waals surface area contributed by atoms with E-state index in [0.29, 0.717) is 23.1 Å². The fraction of sp³-hybridized carbons (Fsp3) is 0.130. The Balaban J connectivity index is 1.63. The SMILES string of the molecule is COc1ccc2sc(N(Cc3ccccn3)C(=O)c3c(C)nc4ccccn34)nc2c1. The molecule has 4 heterocycles. The Labute approximate surface area is 182 Å². The largest absolute Gasteiger partial charge is 0.497 e. The zero-order valence-electron chi connectivity index (χ0n) is 17.0. The first-order valence-corrected chi connectivity index (χ1v) is 10.6. The van der Waals surface area contributed by atoms with Crippen LogP contribution in [0.25, 0.3) is 15.9 Å². The number of hydrogen-bond acceptors (Lipinski definition) is 6. The minimum atomic E-state index is -0.173. The van der Waals surface area contributed by atoms with E-state index in [1.165, 1.54) is 11.3 Å². The number of aryl methyl sites for hydroxylation is 1. The molecule has 0 aliphatic heterocycles.